The van der Waals surface area contributed by atoms with Crippen LogP contribution in [0.25, 0.3) is 0 Å². The Labute approximate surface area is 96.5 Å². The molecule has 2 nitrogen and oxygen atoms in total. The molecule has 0 amide bonds. The fraction of sp³-hybridized carbons (Fsp3) is 0.400. The molecule has 0 fully saturated rings. The van der Waals surface area contributed by atoms with Crippen LogP contribution in [0.4, 0.5) is 0 Å². The monoisotopic (exact) mass is 276 g/mol. The van der Waals surface area contributed by atoms with Gasteiger partial charge in [0.1, 0.15) is 0 Å². The van der Waals surface area contributed by atoms with Crippen LogP contribution in [0.15, 0.2) is 27.6 Å². The van der Waals surface area contributed by atoms with Gasteiger partial charge in [0.2, 0.25) is 0 Å². The molecule has 1 aromatic rings. The van der Waals surface area contributed by atoms with Crippen LogP contribution < -0.4 is 0 Å². The zero-order chi connectivity index (χ0) is 10.6. The van der Waals surface area contributed by atoms with E-state index in [0.29, 0.717) is 0 Å². The molecule has 0 aliphatic heterocycles. The van der Waals surface area contributed by atoms with Crippen LogP contribution in [-0.4, -0.2) is 22.1 Å². The number of rotatable bonds is 4. The third-order valence-electron chi connectivity index (χ3n) is 1.78. The van der Waals surface area contributed by atoms with Crippen LogP contribution >= 0.6 is 27.7 Å². The van der Waals surface area contributed by atoms with Gasteiger partial charge in [0.05, 0.1) is 13.2 Å². The third-order valence-corrected chi connectivity index (χ3v) is 3.46. The van der Waals surface area contributed by atoms with Crippen molar-refractivity contribution in [3.05, 3.63) is 28.2 Å². The van der Waals surface area contributed by atoms with Crippen LogP contribution in [0.5, 0.6) is 0 Å². The Morgan fingerprint density at radius 3 is 2.71 bits per heavy atom. The molecular formula is C10H13BrO2S. The maximum absolute atomic E-state index is 9.10. The lowest BCUT2D eigenvalue weighted by Crippen LogP contribution is -2.02. The molecule has 0 bridgehead atoms. The van der Waals surface area contributed by atoms with E-state index >= 15 is 0 Å². The summed E-state index contributed by atoms with van der Waals surface area (Å²) in [4.78, 5) is 1.02. The minimum absolute atomic E-state index is 0.0355. The molecule has 0 aromatic heterocycles. The Morgan fingerprint density at radius 1 is 1.43 bits per heavy atom. The molecule has 0 aliphatic rings. The Balaban J connectivity index is 2.87. The molecule has 14 heavy (non-hydrogen) atoms. The highest BCUT2D eigenvalue weighted by Gasteiger charge is 2.07. The van der Waals surface area contributed by atoms with Gasteiger partial charge < -0.3 is 10.2 Å². The topological polar surface area (TPSA) is 40.5 Å². The molecule has 0 radical (unpaired) electrons. The summed E-state index contributed by atoms with van der Waals surface area (Å²) < 4.78 is 0.988. The summed E-state index contributed by atoms with van der Waals surface area (Å²) in [7, 11) is 0. The van der Waals surface area contributed by atoms with E-state index in [2.05, 4.69) is 15.9 Å². The predicted octanol–water partition coefficient (Wildman–Crippen LogP) is 2.41. The Bertz CT molecular complexity index is 304. The number of halogens is 1. The van der Waals surface area contributed by atoms with Crippen molar-refractivity contribution in [2.75, 3.05) is 6.61 Å². The molecule has 1 rings (SSSR count). The Morgan fingerprint density at radius 2 is 2.14 bits per heavy atom. The summed E-state index contributed by atoms with van der Waals surface area (Å²) in [6.07, 6.45) is 0. The largest absolute Gasteiger partial charge is 0.395 e. The van der Waals surface area contributed by atoms with E-state index in [1.165, 1.54) is 0 Å². The second kappa shape index (κ2) is 5.75. The number of benzene rings is 1. The number of aliphatic hydroxyl groups is 2. The zero-order valence-corrected chi connectivity index (χ0v) is 10.3. The minimum atomic E-state index is 0.0355. The molecule has 4 heteroatoms. The maximum Gasteiger partial charge on any atom is 0.0692 e. The van der Waals surface area contributed by atoms with E-state index in [-0.39, 0.29) is 18.5 Å². The average molecular weight is 277 g/mol. The highest BCUT2D eigenvalue weighted by Crippen LogP contribution is 2.29. The lowest BCUT2D eigenvalue weighted by molar-refractivity contribution is 0.278. The second-order valence-electron chi connectivity index (χ2n) is 3.02. The molecule has 0 saturated heterocycles. The molecule has 1 aromatic carbocycles. The first-order valence-corrected chi connectivity index (χ1v) is 6.01. The van der Waals surface area contributed by atoms with Crippen LogP contribution in [-0.2, 0) is 6.61 Å². The van der Waals surface area contributed by atoms with E-state index < -0.39 is 0 Å². The van der Waals surface area contributed by atoms with Gasteiger partial charge in [-0.15, -0.1) is 11.8 Å². The van der Waals surface area contributed by atoms with Gasteiger partial charge in [-0.3, -0.25) is 0 Å². The van der Waals surface area contributed by atoms with Gasteiger partial charge in [0, 0.05) is 14.6 Å². The molecule has 0 saturated carbocycles. The SMILES string of the molecule is CC(CO)Sc1cc(Br)ccc1CO. The highest BCUT2D eigenvalue weighted by atomic mass is 79.9. The average Bonchev–Trinajstić information content (AvgIpc) is 2.18. The minimum Gasteiger partial charge on any atom is -0.395 e. The quantitative estimate of drug-likeness (QED) is 0.830. The Kier molecular flexibility index (Phi) is 4.95. The van der Waals surface area contributed by atoms with Crippen molar-refractivity contribution in [2.24, 2.45) is 0 Å². The molecule has 0 heterocycles. The molecule has 1 unspecified atom stereocenters. The van der Waals surface area contributed by atoms with Crippen LogP contribution in [0, 0.1) is 0 Å². The predicted molar refractivity (Wildman–Crippen MR) is 62.5 cm³/mol. The summed E-state index contributed by atoms with van der Waals surface area (Å²) in [6.45, 7) is 2.13. The van der Waals surface area contributed by atoms with Crippen LogP contribution in [0.3, 0.4) is 0 Å². The van der Waals surface area contributed by atoms with Gasteiger partial charge in [-0.05, 0) is 17.7 Å². The van der Waals surface area contributed by atoms with Crippen molar-refractivity contribution in [1.29, 1.82) is 0 Å². The smallest absolute Gasteiger partial charge is 0.0692 e. The van der Waals surface area contributed by atoms with Crippen molar-refractivity contribution in [3.63, 3.8) is 0 Å². The van der Waals surface area contributed by atoms with Crippen LogP contribution in [0.2, 0.25) is 0 Å². The third kappa shape index (κ3) is 3.28. The van der Waals surface area contributed by atoms with Crippen molar-refractivity contribution in [1.82, 2.24) is 0 Å². The molecule has 2 N–H and O–H groups in total. The summed E-state index contributed by atoms with van der Waals surface area (Å²) >= 11 is 4.95. The number of thioether (sulfide) groups is 1. The van der Waals surface area contributed by atoms with Gasteiger partial charge >= 0.3 is 0 Å². The van der Waals surface area contributed by atoms with E-state index in [1.54, 1.807) is 11.8 Å². The van der Waals surface area contributed by atoms with Gasteiger partial charge in [-0.25, -0.2) is 0 Å². The highest BCUT2D eigenvalue weighted by molar-refractivity contribution is 9.10. The lowest BCUT2D eigenvalue weighted by atomic mass is 10.2. The maximum atomic E-state index is 9.10. The van der Waals surface area contributed by atoms with Crippen molar-refractivity contribution in [3.8, 4) is 0 Å². The van der Waals surface area contributed by atoms with Gasteiger partial charge in [-0.1, -0.05) is 28.9 Å². The molecule has 0 aliphatic carbocycles. The van der Waals surface area contributed by atoms with E-state index in [0.717, 1.165) is 14.9 Å². The first kappa shape index (κ1) is 12.0. The first-order valence-electron chi connectivity index (χ1n) is 4.34. The zero-order valence-electron chi connectivity index (χ0n) is 7.90. The van der Waals surface area contributed by atoms with E-state index in [9.17, 15) is 0 Å². The summed E-state index contributed by atoms with van der Waals surface area (Å²) in [5.41, 5.74) is 0.901. The van der Waals surface area contributed by atoms with Crippen molar-refractivity contribution in [2.45, 2.75) is 23.7 Å². The summed E-state index contributed by atoms with van der Waals surface area (Å²) in [5.74, 6) is 0. The number of hydrogen-bond donors (Lipinski definition) is 2. The van der Waals surface area contributed by atoms with Gasteiger partial charge in [-0.2, -0.15) is 0 Å². The number of hydrogen-bond acceptors (Lipinski definition) is 3. The lowest BCUT2D eigenvalue weighted by Gasteiger charge is -2.11. The van der Waals surface area contributed by atoms with E-state index in [1.807, 2.05) is 25.1 Å². The fourth-order valence-corrected chi connectivity index (χ4v) is 2.52. The molecule has 78 valence electrons. The summed E-state index contributed by atoms with van der Waals surface area (Å²) in [5, 5.41) is 18.2. The number of aliphatic hydroxyl groups excluding tert-OH is 2. The molecule has 0 spiro atoms. The Hall–Kier alpha value is -0.0300. The van der Waals surface area contributed by atoms with Crippen molar-refractivity contribution < 1.29 is 10.2 Å². The molecule has 1 atom stereocenters. The van der Waals surface area contributed by atoms with Crippen LogP contribution in [0.1, 0.15) is 12.5 Å². The van der Waals surface area contributed by atoms with Gasteiger partial charge in [0.15, 0.2) is 0 Å². The summed E-state index contributed by atoms with van der Waals surface area (Å²) in [6, 6.07) is 5.75. The van der Waals surface area contributed by atoms with E-state index in [4.69, 9.17) is 10.2 Å². The molecular weight excluding hydrogens is 264 g/mol. The van der Waals surface area contributed by atoms with Gasteiger partial charge in [0.25, 0.3) is 0 Å². The second-order valence-corrected chi connectivity index (χ2v) is 5.42. The first-order chi connectivity index (χ1) is 6.67. The van der Waals surface area contributed by atoms with Crippen molar-refractivity contribution >= 4 is 27.7 Å². The fourth-order valence-electron chi connectivity index (χ4n) is 1.02. The standard InChI is InChI=1S/C10H13BrO2S/c1-7(5-12)14-10-4-9(11)3-2-8(10)6-13/h2-4,7,12-13H,5-6H2,1H3. The normalized spacial score (nSPS) is 12.9.